The summed E-state index contributed by atoms with van der Waals surface area (Å²) in [7, 11) is -18.2. The molecule has 0 amide bonds. The number of aryl methyl sites for hydroxylation is 1. The van der Waals surface area contributed by atoms with Crippen LogP contribution in [-0.4, -0.2) is 55.5 Å². The first-order valence-corrected chi connectivity index (χ1v) is 13.4. The molecule has 1 aliphatic rings. The number of alkyl halides is 2. The number of H-pyrrole nitrogens is 1. The van der Waals surface area contributed by atoms with E-state index in [4.69, 9.17) is 15.2 Å². The van der Waals surface area contributed by atoms with Gasteiger partial charge in [-0.15, -0.1) is 0 Å². The Labute approximate surface area is 187 Å². The molecule has 192 valence electrons. The van der Waals surface area contributed by atoms with Crippen molar-refractivity contribution in [3.63, 3.8) is 0 Å². The van der Waals surface area contributed by atoms with Gasteiger partial charge in [0.25, 0.3) is 5.56 Å². The Morgan fingerprint density at radius 1 is 1.32 bits per heavy atom. The van der Waals surface area contributed by atoms with Gasteiger partial charge in [0.15, 0.2) is 0 Å². The molecule has 22 heteroatoms. The van der Waals surface area contributed by atoms with Gasteiger partial charge < -0.3 is 23.9 Å². The first-order chi connectivity index (χ1) is 15.5. The van der Waals surface area contributed by atoms with Crippen molar-refractivity contribution >= 4 is 23.0 Å². The van der Waals surface area contributed by atoms with Gasteiger partial charge in [0.1, 0.15) is 6.23 Å². The summed E-state index contributed by atoms with van der Waals surface area (Å²) in [5.41, 5.74) is 7.26. The molecule has 1 saturated heterocycles. The second kappa shape index (κ2) is 10.1. The zero-order valence-electron chi connectivity index (χ0n) is 17.1. The van der Waals surface area contributed by atoms with E-state index in [0.29, 0.717) is 7.11 Å². The number of phosphoric ester groups is 1. The topological polar surface area (TPSA) is 252 Å². The van der Waals surface area contributed by atoms with E-state index in [1.54, 1.807) is 0 Å². The van der Waals surface area contributed by atoms with E-state index in [2.05, 4.69) is 23.4 Å². The van der Waals surface area contributed by atoms with Crippen LogP contribution < -0.4 is 11.2 Å². The number of ether oxygens (including phenoxy) is 1. The van der Waals surface area contributed by atoms with Crippen LogP contribution in [0, 0.1) is 6.92 Å². The zero-order valence-corrected chi connectivity index (χ0v) is 19.8. The monoisotopic (exact) mass is 555 g/mol. The SMILES string of the molecule is COP(=O)(O)C(F)(F)P(=O)(O)OP(=O)(O)OC[C@H]1O[C@@H](n2cc(C)c(=O)[nH]c2=O)C[C@@H]1N=[N+]=[N-]. The molecule has 0 radical (unpaired) electrons. The number of azide groups is 1. The molecule has 2 rings (SSSR count). The van der Waals surface area contributed by atoms with Gasteiger partial charge in [-0.2, -0.15) is 8.78 Å². The number of hydrogen-bond acceptors (Lipinski definition) is 10. The highest BCUT2D eigenvalue weighted by atomic mass is 31.3. The average molecular weight is 555 g/mol. The Hall–Kier alpha value is -1.74. The number of nitrogens with zero attached hydrogens (tertiary/aromatic N) is 4. The third-order valence-electron chi connectivity index (χ3n) is 4.40. The third kappa shape index (κ3) is 5.90. The predicted octanol–water partition coefficient (Wildman–Crippen LogP) is 1.51. The molecule has 0 bridgehead atoms. The second-order valence-electron chi connectivity index (χ2n) is 6.69. The summed E-state index contributed by atoms with van der Waals surface area (Å²) in [4.78, 5) is 56.1. The lowest BCUT2D eigenvalue weighted by molar-refractivity contribution is -0.0268. The smallest absolute Gasteiger partial charge is 0.352 e. The summed E-state index contributed by atoms with van der Waals surface area (Å²) >= 11 is 0. The fourth-order valence-electron chi connectivity index (χ4n) is 2.67. The summed E-state index contributed by atoms with van der Waals surface area (Å²) < 4.78 is 80.6. The molecule has 0 aromatic carbocycles. The van der Waals surface area contributed by atoms with Crippen molar-refractivity contribution in [1.29, 1.82) is 0 Å². The maximum absolute atomic E-state index is 13.8. The van der Waals surface area contributed by atoms with Crippen LogP contribution in [0.2, 0.25) is 0 Å². The van der Waals surface area contributed by atoms with Gasteiger partial charge in [0.05, 0.1) is 18.8 Å². The van der Waals surface area contributed by atoms with Gasteiger partial charge in [-0.05, 0) is 12.5 Å². The molecule has 2 heterocycles. The number of aromatic amines is 1. The van der Waals surface area contributed by atoms with Crippen LogP contribution in [0.4, 0.5) is 8.78 Å². The largest absolute Gasteiger partial charge is 0.479 e. The van der Waals surface area contributed by atoms with Gasteiger partial charge in [0.2, 0.25) is 0 Å². The standard InChI is InChI=1S/C12H18F2N5O12P3/c1-6-4-19(11(21)16-10(6)20)9-3-7(17-18-15)8(30-9)5-29-34(26,27)31-33(24,25)12(13,14)32(22,23)28-2/h4,7-9H,3,5H2,1-2H3,(H,22,23)(H,24,25)(H,26,27)(H,16,20,21)/t7-,8+,9+/m0/s1. The highest BCUT2D eigenvalue weighted by Gasteiger charge is 2.68. The van der Waals surface area contributed by atoms with Crippen LogP contribution >= 0.6 is 23.0 Å². The molecule has 6 atom stereocenters. The molecule has 17 nitrogen and oxygen atoms in total. The Kier molecular flexibility index (Phi) is 8.46. The third-order valence-corrected chi connectivity index (χ3v) is 9.96. The Balaban J connectivity index is 2.20. The van der Waals surface area contributed by atoms with Gasteiger partial charge in [0, 0.05) is 30.2 Å². The van der Waals surface area contributed by atoms with E-state index >= 15 is 0 Å². The van der Waals surface area contributed by atoms with Gasteiger partial charge in [-0.25, -0.2) is 13.7 Å². The molecule has 1 aromatic rings. The van der Waals surface area contributed by atoms with Crippen molar-refractivity contribution in [2.24, 2.45) is 5.11 Å². The molecular weight excluding hydrogens is 537 g/mol. The highest BCUT2D eigenvalue weighted by molar-refractivity contribution is 7.75. The lowest BCUT2D eigenvalue weighted by Crippen LogP contribution is -2.33. The minimum atomic E-state index is -6.63. The van der Waals surface area contributed by atoms with Gasteiger partial charge in [-0.1, -0.05) is 5.11 Å². The van der Waals surface area contributed by atoms with Gasteiger partial charge >= 0.3 is 34.1 Å². The second-order valence-corrected chi connectivity index (χ2v) is 12.5. The fourth-order valence-corrected chi connectivity index (χ4v) is 6.78. The average Bonchev–Trinajstić information content (AvgIpc) is 3.11. The minimum absolute atomic E-state index is 0.119. The minimum Gasteiger partial charge on any atom is -0.352 e. The molecule has 0 saturated carbocycles. The molecule has 0 aliphatic carbocycles. The van der Waals surface area contributed by atoms with E-state index < -0.39 is 64.6 Å². The Bertz CT molecular complexity index is 1250. The van der Waals surface area contributed by atoms with Crippen molar-refractivity contribution in [3.8, 4) is 0 Å². The molecule has 1 fully saturated rings. The number of rotatable bonds is 10. The van der Waals surface area contributed by atoms with Crippen molar-refractivity contribution in [2.75, 3.05) is 13.7 Å². The number of halogens is 2. The molecule has 0 spiro atoms. The highest BCUT2D eigenvalue weighted by Crippen LogP contribution is 2.78. The summed E-state index contributed by atoms with van der Waals surface area (Å²) in [5.74, 6) is 0. The maximum atomic E-state index is 13.8. The van der Waals surface area contributed by atoms with Crippen molar-refractivity contribution in [2.45, 2.75) is 37.1 Å². The first-order valence-electron chi connectivity index (χ1n) is 8.77. The Morgan fingerprint density at radius 2 is 1.94 bits per heavy atom. The van der Waals surface area contributed by atoms with E-state index in [-0.39, 0.29) is 12.0 Å². The molecule has 34 heavy (non-hydrogen) atoms. The van der Waals surface area contributed by atoms with Crippen LogP contribution in [0.25, 0.3) is 10.4 Å². The quantitative estimate of drug-likeness (QED) is 0.139. The van der Waals surface area contributed by atoms with Crippen molar-refractivity contribution < 1.29 is 55.3 Å². The summed E-state index contributed by atoms with van der Waals surface area (Å²) in [6.45, 7) is 0.337. The van der Waals surface area contributed by atoms with Crippen molar-refractivity contribution in [1.82, 2.24) is 9.55 Å². The number of aromatic nitrogens is 2. The van der Waals surface area contributed by atoms with Gasteiger partial charge in [-0.3, -0.25) is 28.0 Å². The van der Waals surface area contributed by atoms with Crippen LogP contribution in [0.1, 0.15) is 18.2 Å². The molecule has 1 aromatic heterocycles. The van der Waals surface area contributed by atoms with Crippen LogP contribution in [0.15, 0.2) is 20.9 Å². The first kappa shape index (κ1) is 28.5. The summed E-state index contributed by atoms with van der Waals surface area (Å²) in [5, 5.41) is -2.12. The maximum Gasteiger partial charge on any atom is 0.479 e. The van der Waals surface area contributed by atoms with E-state index in [1.165, 1.54) is 6.92 Å². The van der Waals surface area contributed by atoms with E-state index in [1.807, 2.05) is 4.98 Å². The summed E-state index contributed by atoms with van der Waals surface area (Å²) in [6, 6.07) is -1.15. The number of nitrogens with one attached hydrogen (secondary N) is 1. The lowest BCUT2D eigenvalue weighted by atomic mass is 10.1. The predicted molar refractivity (Wildman–Crippen MR) is 106 cm³/mol. The number of phosphoric acid groups is 1. The lowest BCUT2D eigenvalue weighted by Gasteiger charge is -2.25. The molecule has 1 aliphatic heterocycles. The van der Waals surface area contributed by atoms with Crippen LogP contribution in [0.3, 0.4) is 0 Å². The van der Waals surface area contributed by atoms with Crippen molar-refractivity contribution in [3.05, 3.63) is 43.0 Å². The fraction of sp³-hybridized carbons (Fsp3) is 0.667. The molecule has 4 N–H and O–H groups in total. The van der Waals surface area contributed by atoms with E-state index in [9.17, 15) is 41.9 Å². The summed E-state index contributed by atoms with van der Waals surface area (Å²) in [6.07, 6.45) is -1.62. The van der Waals surface area contributed by atoms with E-state index in [0.717, 1.165) is 10.8 Å². The number of hydrogen-bond donors (Lipinski definition) is 4. The normalized spacial score (nSPS) is 26.1. The molecule has 3 unspecified atom stereocenters. The van der Waals surface area contributed by atoms with Crippen LogP contribution in [0.5, 0.6) is 0 Å². The Morgan fingerprint density at radius 3 is 2.50 bits per heavy atom. The van der Waals surface area contributed by atoms with Crippen LogP contribution in [-0.2, 0) is 31.8 Å². The molecular formula is C12H18F2N5O12P3. The zero-order chi connectivity index (χ0) is 26.1.